The van der Waals surface area contributed by atoms with Gasteiger partial charge < -0.3 is 29.7 Å². The van der Waals surface area contributed by atoms with Gasteiger partial charge in [0.2, 0.25) is 0 Å². The van der Waals surface area contributed by atoms with Crippen molar-refractivity contribution in [1.82, 2.24) is 0 Å². The van der Waals surface area contributed by atoms with Crippen LogP contribution < -0.4 is 0 Å². The number of phosphoric ester groups is 1. The summed E-state index contributed by atoms with van der Waals surface area (Å²) in [7, 11) is -4.67. The lowest BCUT2D eigenvalue weighted by atomic mass is 10.2. The van der Waals surface area contributed by atoms with Crippen molar-refractivity contribution in [3.8, 4) is 0 Å². The van der Waals surface area contributed by atoms with Crippen LogP contribution in [0.5, 0.6) is 0 Å². The molecule has 0 aliphatic rings. The van der Waals surface area contributed by atoms with Gasteiger partial charge in [0.25, 0.3) is 0 Å². The summed E-state index contributed by atoms with van der Waals surface area (Å²) in [4.78, 5) is 34.9. The van der Waals surface area contributed by atoms with E-state index in [1.54, 1.807) is 6.08 Å². The van der Waals surface area contributed by atoms with Crippen molar-refractivity contribution in [2.75, 3.05) is 26.4 Å². The summed E-state index contributed by atoms with van der Waals surface area (Å²) in [6.45, 7) is 1.92. The third-order valence-corrected chi connectivity index (χ3v) is 9.14. The molecule has 0 spiro atoms. The number of rotatable bonds is 38. The molecule has 0 fully saturated rings. The highest BCUT2D eigenvalue weighted by Crippen LogP contribution is 2.43. The van der Waals surface area contributed by atoms with Crippen LogP contribution in [0, 0.1) is 0 Å². The average molecular weight is 859 g/mol. The molecule has 12 heteroatoms. The number of ether oxygens (including phenoxy) is 2. The highest BCUT2D eigenvalue weighted by atomic mass is 31.2. The summed E-state index contributed by atoms with van der Waals surface area (Å²) < 4.78 is 32.5. The minimum Gasteiger partial charge on any atom is -0.462 e. The molecular formula is C48H75O11P. The summed E-state index contributed by atoms with van der Waals surface area (Å²) in [5.74, 6) is -1.13. The molecule has 0 saturated carbocycles. The topological polar surface area (TPSA) is 169 Å². The van der Waals surface area contributed by atoms with E-state index in [1.165, 1.54) is 19.3 Å². The first-order chi connectivity index (χ1) is 29.1. The Balaban J connectivity index is 4.58. The standard InChI is InChI=1S/C48H75O11P/c1-3-5-7-8-9-10-11-12-13-14-15-16-17-18-23-26-29-32-35-39-48(53)59-46(43-58-60(54,55)57-41-45(51)40-49)42-56-47(52)38-34-31-28-25-22-20-19-21-24-27-30-33-37-44(50)36-6-4-2/h6,9-10,12-13,15-16,18-20,23-25,27-30,32-33,36,44-46,49-51H,3-5,7-8,11,14,17,21-22,26,31,34-35,37-43H2,1-2H3,(H,54,55)/b10-9-,13-12-,16-15-,20-19-,23-18-,27-24-,28-25-,32-29-,33-30+,36-6-/t44?,45-,46+/m0/s1. The van der Waals surface area contributed by atoms with Gasteiger partial charge in [0.1, 0.15) is 12.7 Å². The molecule has 0 aromatic carbocycles. The first-order valence-corrected chi connectivity index (χ1v) is 23.1. The van der Waals surface area contributed by atoms with Crippen molar-refractivity contribution < 1.29 is 52.9 Å². The van der Waals surface area contributed by atoms with Gasteiger partial charge in [0.05, 0.1) is 25.9 Å². The van der Waals surface area contributed by atoms with Gasteiger partial charge in [0.15, 0.2) is 6.10 Å². The molecule has 0 aromatic heterocycles. The Kier molecular flexibility index (Phi) is 39.5. The molecule has 0 aliphatic carbocycles. The van der Waals surface area contributed by atoms with E-state index in [2.05, 4.69) is 66.1 Å². The predicted octanol–water partition coefficient (Wildman–Crippen LogP) is 10.5. The van der Waals surface area contributed by atoms with Crippen molar-refractivity contribution in [1.29, 1.82) is 0 Å². The van der Waals surface area contributed by atoms with E-state index < -0.39 is 64.5 Å². The average Bonchev–Trinajstić information content (AvgIpc) is 3.23. The zero-order chi connectivity index (χ0) is 44.2. The third kappa shape index (κ3) is 41.1. The van der Waals surface area contributed by atoms with E-state index in [9.17, 15) is 29.3 Å². The summed E-state index contributed by atoms with van der Waals surface area (Å²) in [6, 6.07) is 0. The van der Waals surface area contributed by atoms with Crippen molar-refractivity contribution in [2.45, 2.75) is 141 Å². The van der Waals surface area contributed by atoms with Crippen LogP contribution in [0.25, 0.3) is 0 Å². The molecule has 0 radical (unpaired) electrons. The number of allylic oxidation sites excluding steroid dienone is 18. The smallest absolute Gasteiger partial charge is 0.462 e. The number of aliphatic hydroxyl groups excluding tert-OH is 3. The SMILES string of the molecule is CC/C=C\C(O)C/C=C/C=C\C/C=C\C/C=C\CCCC(=O)OC[C@H](COP(=O)(O)OC[C@@H](O)CO)OC(=O)CC/C=C\C/C=C\C/C=C\C/C=C\C/C=C\CCCCC. The maximum atomic E-state index is 12.6. The van der Waals surface area contributed by atoms with Crippen LogP contribution in [-0.4, -0.2) is 76.9 Å². The maximum Gasteiger partial charge on any atom is 0.472 e. The Morgan fingerprint density at radius 1 is 0.583 bits per heavy atom. The number of hydrogen-bond acceptors (Lipinski definition) is 10. The molecule has 0 rings (SSSR count). The van der Waals surface area contributed by atoms with Crippen molar-refractivity contribution in [2.24, 2.45) is 0 Å². The van der Waals surface area contributed by atoms with E-state index in [0.29, 0.717) is 32.1 Å². The number of carbonyl (C=O) groups is 2. The maximum absolute atomic E-state index is 12.6. The van der Waals surface area contributed by atoms with Gasteiger partial charge in [-0.05, 0) is 83.5 Å². The number of hydrogen-bond donors (Lipinski definition) is 4. The number of phosphoric acid groups is 1. The highest BCUT2D eigenvalue weighted by Gasteiger charge is 2.27. The van der Waals surface area contributed by atoms with Gasteiger partial charge in [0, 0.05) is 12.8 Å². The van der Waals surface area contributed by atoms with E-state index >= 15 is 0 Å². The van der Waals surface area contributed by atoms with Crippen LogP contribution in [0.15, 0.2) is 122 Å². The zero-order valence-electron chi connectivity index (χ0n) is 36.2. The van der Waals surface area contributed by atoms with Gasteiger partial charge in [-0.1, -0.05) is 148 Å². The quantitative estimate of drug-likeness (QED) is 0.0153. The van der Waals surface area contributed by atoms with Crippen LogP contribution in [0.1, 0.15) is 123 Å². The van der Waals surface area contributed by atoms with Crippen molar-refractivity contribution in [3.63, 3.8) is 0 Å². The molecule has 0 aliphatic heterocycles. The molecule has 60 heavy (non-hydrogen) atoms. The first-order valence-electron chi connectivity index (χ1n) is 21.6. The van der Waals surface area contributed by atoms with Crippen LogP contribution in [0.2, 0.25) is 0 Å². The lowest BCUT2D eigenvalue weighted by Crippen LogP contribution is -2.29. The lowest BCUT2D eigenvalue weighted by molar-refractivity contribution is -0.161. The summed E-state index contributed by atoms with van der Waals surface area (Å²) >= 11 is 0. The first kappa shape index (κ1) is 56.3. The van der Waals surface area contributed by atoms with Gasteiger partial charge in [-0.25, -0.2) is 4.57 Å². The Bertz CT molecular complexity index is 1420. The normalized spacial score (nSPS) is 15.5. The lowest BCUT2D eigenvalue weighted by Gasteiger charge is -2.20. The molecular weight excluding hydrogens is 783 g/mol. The highest BCUT2D eigenvalue weighted by molar-refractivity contribution is 7.47. The Hall–Kier alpha value is -3.67. The summed E-state index contributed by atoms with van der Waals surface area (Å²) in [5.41, 5.74) is 0. The minimum absolute atomic E-state index is 0.0321. The Morgan fingerprint density at radius 2 is 1.10 bits per heavy atom. The van der Waals surface area contributed by atoms with Gasteiger partial charge in [-0.15, -0.1) is 0 Å². The molecule has 4 N–H and O–H groups in total. The van der Waals surface area contributed by atoms with E-state index in [1.807, 2.05) is 67.7 Å². The van der Waals surface area contributed by atoms with Gasteiger partial charge >= 0.3 is 19.8 Å². The monoisotopic (exact) mass is 859 g/mol. The number of carbonyl (C=O) groups excluding carboxylic acids is 2. The molecule has 4 atom stereocenters. The van der Waals surface area contributed by atoms with Crippen LogP contribution >= 0.6 is 7.82 Å². The molecule has 0 bridgehead atoms. The predicted molar refractivity (Wildman–Crippen MR) is 243 cm³/mol. The van der Waals surface area contributed by atoms with Gasteiger partial charge in [-0.3, -0.25) is 18.6 Å². The van der Waals surface area contributed by atoms with Crippen LogP contribution in [0.4, 0.5) is 0 Å². The molecule has 0 amide bonds. The largest absolute Gasteiger partial charge is 0.472 e. The molecule has 11 nitrogen and oxygen atoms in total. The summed E-state index contributed by atoms with van der Waals surface area (Å²) in [5, 5.41) is 28.1. The minimum atomic E-state index is -4.67. The van der Waals surface area contributed by atoms with E-state index in [0.717, 1.165) is 44.9 Å². The Morgan fingerprint density at radius 3 is 1.67 bits per heavy atom. The van der Waals surface area contributed by atoms with Crippen molar-refractivity contribution in [3.05, 3.63) is 122 Å². The third-order valence-electron chi connectivity index (χ3n) is 8.19. The summed E-state index contributed by atoms with van der Waals surface area (Å²) in [6.07, 6.45) is 51.0. The molecule has 0 aromatic rings. The van der Waals surface area contributed by atoms with Crippen molar-refractivity contribution >= 4 is 19.8 Å². The van der Waals surface area contributed by atoms with E-state index in [4.69, 9.17) is 19.1 Å². The fraction of sp³-hybridized carbons (Fsp3) is 0.542. The fourth-order valence-corrected chi connectivity index (χ4v) is 5.64. The second kappa shape index (κ2) is 42.0. The molecule has 2 unspecified atom stereocenters. The number of aliphatic hydroxyl groups is 3. The fourth-order valence-electron chi connectivity index (χ4n) is 4.85. The number of unbranched alkanes of at least 4 members (excludes halogenated alkanes) is 4. The zero-order valence-corrected chi connectivity index (χ0v) is 37.1. The Labute approximate surface area is 360 Å². The second-order valence-electron chi connectivity index (χ2n) is 13.8. The van der Waals surface area contributed by atoms with Gasteiger partial charge in [-0.2, -0.15) is 0 Å². The molecule has 338 valence electrons. The van der Waals surface area contributed by atoms with E-state index in [-0.39, 0.29) is 12.8 Å². The number of esters is 2. The second-order valence-corrected chi connectivity index (χ2v) is 15.3. The molecule has 0 saturated heterocycles. The van der Waals surface area contributed by atoms with Crippen LogP contribution in [0.3, 0.4) is 0 Å². The molecule has 0 heterocycles. The van der Waals surface area contributed by atoms with Crippen LogP contribution in [-0.2, 0) is 32.7 Å².